The van der Waals surface area contributed by atoms with E-state index in [1.165, 1.54) is 0 Å². The Morgan fingerprint density at radius 2 is 2.27 bits per heavy atom. The van der Waals surface area contributed by atoms with Crippen molar-refractivity contribution >= 4 is 6.03 Å². The van der Waals surface area contributed by atoms with Crippen LogP contribution >= 0.6 is 0 Å². The third-order valence-corrected chi connectivity index (χ3v) is 4.16. The van der Waals surface area contributed by atoms with Crippen LogP contribution in [0.25, 0.3) is 0 Å². The van der Waals surface area contributed by atoms with Gasteiger partial charge in [-0.2, -0.15) is 5.10 Å². The number of urea groups is 1. The number of carbonyl (C=O) groups is 1. The van der Waals surface area contributed by atoms with E-state index in [-0.39, 0.29) is 18.2 Å². The van der Waals surface area contributed by atoms with Crippen molar-refractivity contribution in [1.82, 2.24) is 20.4 Å². The monoisotopic (exact) mass is 310 g/mol. The second kappa shape index (κ2) is 7.60. The Hall–Kier alpha value is -1.60. The zero-order valence-electron chi connectivity index (χ0n) is 13.8. The largest absolute Gasteiger partial charge is 0.383 e. The molecule has 2 rings (SSSR count). The van der Waals surface area contributed by atoms with Crippen LogP contribution in [0.1, 0.15) is 30.3 Å². The van der Waals surface area contributed by atoms with Gasteiger partial charge >= 0.3 is 6.03 Å². The van der Waals surface area contributed by atoms with E-state index in [0.29, 0.717) is 26.3 Å². The van der Waals surface area contributed by atoms with E-state index in [1.54, 1.807) is 7.11 Å². The molecule has 0 spiro atoms. The first-order valence-electron chi connectivity index (χ1n) is 7.70. The number of aromatic nitrogens is 2. The summed E-state index contributed by atoms with van der Waals surface area (Å²) in [6.07, 6.45) is 0.938. The molecule has 22 heavy (non-hydrogen) atoms. The minimum Gasteiger partial charge on any atom is -0.383 e. The van der Waals surface area contributed by atoms with Gasteiger partial charge in [-0.25, -0.2) is 4.79 Å². The molecule has 0 bridgehead atoms. The van der Waals surface area contributed by atoms with E-state index < -0.39 is 0 Å². The zero-order valence-corrected chi connectivity index (χ0v) is 13.8. The molecular formula is C15H26N4O3. The first kappa shape index (κ1) is 16.8. The predicted octanol–water partition coefficient (Wildman–Crippen LogP) is 1.12. The molecule has 1 aromatic rings. The van der Waals surface area contributed by atoms with Crippen molar-refractivity contribution in [2.45, 2.75) is 52.4 Å². The lowest BCUT2D eigenvalue weighted by atomic mass is 10.1. The first-order chi connectivity index (χ1) is 10.5. The summed E-state index contributed by atoms with van der Waals surface area (Å²) in [5.41, 5.74) is 3.06. The predicted molar refractivity (Wildman–Crippen MR) is 82.8 cm³/mol. The highest BCUT2D eigenvalue weighted by Gasteiger charge is 2.25. The molecule has 0 saturated carbocycles. The lowest BCUT2D eigenvalue weighted by Crippen LogP contribution is -2.44. The molecule has 0 aromatic carbocycles. The minimum absolute atomic E-state index is 0.0750. The Morgan fingerprint density at radius 3 is 2.91 bits per heavy atom. The van der Waals surface area contributed by atoms with E-state index in [2.05, 4.69) is 15.7 Å². The molecule has 7 heteroatoms. The van der Waals surface area contributed by atoms with Crippen LogP contribution in [0.15, 0.2) is 0 Å². The van der Waals surface area contributed by atoms with Gasteiger partial charge in [-0.15, -0.1) is 0 Å². The van der Waals surface area contributed by atoms with Gasteiger partial charge in [0.15, 0.2) is 0 Å². The Kier molecular flexibility index (Phi) is 5.79. The Labute approximate surface area is 131 Å². The fourth-order valence-corrected chi connectivity index (χ4v) is 2.69. The molecule has 2 heterocycles. The van der Waals surface area contributed by atoms with Crippen LogP contribution in [0.3, 0.4) is 0 Å². The molecule has 2 amide bonds. The lowest BCUT2D eigenvalue weighted by molar-refractivity contribution is 0.114. The summed E-state index contributed by atoms with van der Waals surface area (Å²) in [5, 5.41) is 10.3. The number of rotatable bonds is 6. The van der Waals surface area contributed by atoms with Gasteiger partial charge in [-0.1, -0.05) is 0 Å². The summed E-state index contributed by atoms with van der Waals surface area (Å²) >= 11 is 0. The number of hydrogen-bond donors (Lipinski definition) is 2. The Balaban J connectivity index is 1.88. The van der Waals surface area contributed by atoms with Gasteiger partial charge in [0.2, 0.25) is 0 Å². The molecule has 0 unspecified atom stereocenters. The highest BCUT2D eigenvalue weighted by molar-refractivity contribution is 5.74. The summed E-state index contributed by atoms with van der Waals surface area (Å²) in [7, 11) is 1.67. The van der Waals surface area contributed by atoms with Crippen LogP contribution in [-0.4, -0.2) is 48.3 Å². The van der Waals surface area contributed by atoms with E-state index in [4.69, 9.17) is 9.47 Å². The molecule has 0 radical (unpaired) electrons. The van der Waals surface area contributed by atoms with Crippen LogP contribution in [0, 0.1) is 13.8 Å². The minimum atomic E-state index is -0.161. The Morgan fingerprint density at radius 1 is 1.50 bits per heavy atom. The van der Waals surface area contributed by atoms with Crippen LogP contribution in [0.2, 0.25) is 0 Å². The van der Waals surface area contributed by atoms with Gasteiger partial charge in [0.05, 0.1) is 31.0 Å². The van der Waals surface area contributed by atoms with Gasteiger partial charge in [0, 0.05) is 31.5 Å². The molecule has 7 nitrogen and oxygen atoms in total. The molecule has 124 valence electrons. The van der Waals surface area contributed by atoms with Crippen molar-refractivity contribution in [2.24, 2.45) is 0 Å². The third-order valence-electron chi connectivity index (χ3n) is 4.16. The quantitative estimate of drug-likeness (QED) is 0.825. The maximum absolute atomic E-state index is 12.0. The van der Waals surface area contributed by atoms with Crippen LogP contribution < -0.4 is 10.6 Å². The lowest BCUT2D eigenvalue weighted by Gasteiger charge is -2.16. The SMILES string of the molecule is COCCn1nc(C)c(CNC(=O)N[C@@H]2CCO[C@@H]2C)c1C. The van der Waals surface area contributed by atoms with Crippen LogP contribution in [0.4, 0.5) is 4.79 Å². The standard InChI is InChI=1S/C15H26N4O3/c1-10-13(11(2)19(18-10)6-8-21-4)9-16-15(20)17-14-5-7-22-12(14)3/h12,14H,5-9H2,1-4H3,(H2,16,17,20)/t12-,14-/m1/s1. The number of nitrogens with one attached hydrogen (secondary N) is 2. The smallest absolute Gasteiger partial charge is 0.315 e. The number of methoxy groups -OCH3 is 1. The average Bonchev–Trinajstić information content (AvgIpc) is 2.99. The number of ether oxygens (including phenoxy) is 2. The van der Waals surface area contributed by atoms with Crippen molar-refractivity contribution in [3.05, 3.63) is 17.0 Å². The maximum atomic E-state index is 12.0. The first-order valence-corrected chi connectivity index (χ1v) is 7.70. The second-order valence-corrected chi connectivity index (χ2v) is 5.66. The van der Waals surface area contributed by atoms with Crippen molar-refractivity contribution in [1.29, 1.82) is 0 Å². The molecule has 1 aliphatic heterocycles. The van der Waals surface area contributed by atoms with Gasteiger partial charge in [0.25, 0.3) is 0 Å². The normalized spacial score (nSPS) is 21.1. The van der Waals surface area contributed by atoms with Crippen LogP contribution in [-0.2, 0) is 22.6 Å². The van der Waals surface area contributed by atoms with E-state index in [9.17, 15) is 4.79 Å². The summed E-state index contributed by atoms with van der Waals surface area (Å²) in [6.45, 7) is 8.46. The summed E-state index contributed by atoms with van der Waals surface area (Å²) in [5.74, 6) is 0. The average molecular weight is 310 g/mol. The number of carbonyl (C=O) groups excluding carboxylic acids is 1. The summed E-state index contributed by atoms with van der Waals surface area (Å²) in [4.78, 5) is 12.0. The number of amides is 2. The van der Waals surface area contributed by atoms with Gasteiger partial charge in [-0.05, 0) is 27.2 Å². The van der Waals surface area contributed by atoms with Gasteiger partial charge < -0.3 is 20.1 Å². The van der Waals surface area contributed by atoms with Crippen molar-refractivity contribution in [3.8, 4) is 0 Å². The maximum Gasteiger partial charge on any atom is 0.315 e. The fourth-order valence-electron chi connectivity index (χ4n) is 2.69. The zero-order chi connectivity index (χ0) is 16.1. The highest BCUT2D eigenvalue weighted by Crippen LogP contribution is 2.14. The Bertz CT molecular complexity index is 515. The third kappa shape index (κ3) is 3.98. The van der Waals surface area contributed by atoms with Crippen molar-refractivity contribution < 1.29 is 14.3 Å². The van der Waals surface area contributed by atoms with E-state index in [1.807, 2.05) is 25.5 Å². The van der Waals surface area contributed by atoms with Crippen LogP contribution in [0.5, 0.6) is 0 Å². The summed E-state index contributed by atoms with van der Waals surface area (Å²) < 4.78 is 12.4. The van der Waals surface area contributed by atoms with E-state index in [0.717, 1.165) is 23.4 Å². The number of hydrogen-bond acceptors (Lipinski definition) is 4. The van der Waals surface area contributed by atoms with Crippen molar-refractivity contribution in [3.63, 3.8) is 0 Å². The molecule has 1 fully saturated rings. The molecule has 1 aliphatic rings. The molecule has 0 aliphatic carbocycles. The number of nitrogens with zero attached hydrogens (tertiary/aromatic N) is 2. The highest BCUT2D eigenvalue weighted by atomic mass is 16.5. The fraction of sp³-hybridized carbons (Fsp3) is 0.733. The molecular weight excluding hydrogens is 284 g/mol. The molecule has 1 aromatic heterocycles. The molecule has 2 N–H and O–H groups in total. The molecule has 1 saturated heterocycles. The second-order valence-electron chi connectivity index (χ2n) is 5.66. The van der Waals surface area contributed by atoms with Gasteiger partial charge in [-0.3, -0.25) is 4.68 Å². The number of aryl methyl sites for hydroxylation is 1. The summed E-state index contributed by atoms with van der Waals surface area (Å²) in [6, 6.07) is -0.0718. The molecule has 2 atom stereocenters. The van der Waals surface area contributed by atoms with Gasteiger partial charge in [0.1, 0.15) is 0 Å². The topological polar surface area (TPSA) is 77.4 Å². The van der Waals surface area contributed by atoms with E-state index >= 15 is 0 Å². The van der Waals surface area contributed by atoms with Crippen molar-refractivity contribution in [2.75, 3.05) is 20.3 Å².